The highest BCUT2D eigenvalue weighted by Gasteiger charge is 2.40. The van der Waals surface area contributed by atoms with Gasteiger partial charge in [-0.15, -0.1) is 11.3 Å². The van der Waals surface area contributed by atoms with Gasteiger partial charge in [-0.25, -0.2) is 4.98 Å². The van der Waals surface area contributed by atoms with Gasteiger partial charge in [0.05, 0.1) is 16.7 Å². The Balaban J connectivity index is 1.57. The topological polar surface area (TPSA) is 62.3 Å². The molecular formula is C21H25N3O2S. The minimum atomic E-state index is -0.0425. The van der Waals surface area contributed by atoms with Crippen molar-refractivity contribution in [3.63, 3.8) is 0 Å². The Hall–Kier alpha value is -2.21. The molecule has 2 atom stereocenters. The zero-order valence-corrected chi connectivity index (χ0v) is 16.8. The third-order valence-corrected chi connectivity index (χ3v) is 6.55. The Bertz CT molecular complexity index is 870. The van der Waals surface area contributed by atoms with Crippen molar-refractivity contribution in [3.05, 3.63) is 51.0 Å². The van der Waals surface area contributed by atoms with E-state index in [0.717, 1.165) is 23.5 Å². The van der Waals surface area contributed by atoms with Gasteiger partial charge < -0.3 is 10.2 Å². The van der Waals surface area contributed by atoms with Crippen molar-refractivity contribution in [3.8, 4) is 0 Å². The van der Waals surface area contributed by atoms with E-state index in [1.54, 1.807) is 0 Å². The highest BCUT2D eigenvalue weighted by Crippen LogP contribution is 2.33. The number of carbonyl (C=O) groups excluding carboxylic acids is 2. The van der Waals surface area contributed by atoms with Crippen molar-refractivity contribution in [2.45, 2.75) is 45.6 Å². The molecule has 0 bridgehead atoms. The average Bonchev–Trinajstić information content (AvgIpc) is 3.33. The molecule has 1 aromatic heterocycles. The summed E-state index contributed by atoms with van der Waals surface area (Å²) >= 11 is 1.45. The van der Waals surface area contributed by atoms with E-state index in [1.807, 2.05) is 18.7 Å². The first-order chi connectivity index (χ1) is 12.9. The van der Waals surface area contributed by atoms with Gasteiger partial charge in [-0.1, -0.05) is 29.8 Å². The van der Waals surface area contributed by atoms with E-state index in [0.29, 0.717) is 18.0 Å². The monoisotopic (exact) mass is 383 g/mol. The summed E-state index contributed by atoms with van der Waals surface area (Å²) in [5, 5.41) is 4.12. The van der Waals surface area contributed by atoms with Gasteiger partial charge in [0.1, 0.15) is 4.88 Å². The largest absolute Gasteiger partial charge is 0.351 e. The van der Waals surface area contributed by atoms with Crippen LogP contribution >= 0.6 is 11.3 Å². The number of nitrogens with zero attached hydrogens (tertiary/aromatic N) is 2. The van der Waals surface area contributed by atoms with E-state index in [4.69, 9.17) is 0 Å². The predicted molar refractivity (Wildman–Crippen MR) is 106 cm³/mol. The van der Waals surface area contributed by atoms with Gasteiger partial charge in [0, 0.05) is 24.9 Å². The van der Waals surface area contributed by atoms with Crippen LogP contribution in [0.2, 0.25) is 0 Å². The first-order valence-electron chi connectivity index (χ1n) is 9.52. The molecule has 0 spiro atoms. The number of aromatic nitrogens is 1. The quantitative estimate of drug-likeness (QED) is 0.882. The number of aryl methyl sites for hydroxylation is 3. The third kappa shape index (κ3) is 3.76. The summed E-state index contributed by atoms with van der Waals surface area (Å²) in [7, 11) is 0. The lowest BCUT2D eigenvalue weighted by atomic mass is 9.93. The Morgan fingerprint density at radius 1 is 1.11 bits per heavy atom. The number of hydrogen-bond donors (Lipinski definition) is 1. The van der Waals surface area contributed by atoms with Crippen molar-refractivity contribution >= 4 is 23.2 Å². The number of benzene rings is 1. The summed E-state index contributed by atoms with van der Waals surface area (Å²) in [5.74, 6) is 0.445. The van der Waals surface area contributed by atoms with Gasteiger partial charge in [-0.2, -0.15) is 0 Å². The molecular weight excluding hydrogens is 358 g/mol. The molecule has 27 heavy (non-hydrogen) atoms. The van der Waals surface area contributed by atoms with Crippen LogP contribution in [0.1, 0.15) is 50.3 Å². The van der Waals surface area contributed by atoms with Gasteiger partial charge in [0.25, 0.3) is 5.91 Å². The first kappa shape index (κ1) is 18.2. The second-order valence-corrected chi connectivity index (χ2v) is 8.97. The molecule has 1 N–H and O–H groups in total. The van der Waals surface area contributed by atoms with Crippen molar-refractivity contribution in [1.29, 1.82) is 0 Å². The van der Waals surface area contributed by atoms with Crippen LogP contribution in [0.3, 0.4) is 0 Å². The van der Waals surface area contributed by atoms with Crippen LogP contribution in [0, 0.1) is 26.7 Å². The van der Waals surface area contributed by atoms with Gasteiger partial charge in [0.15, 0.2) is 0 Å². The van der Waals surface area contributed by atoms with Crippen molar-refractivity contribution < 1.29 is 9.59 Å². The van der Waals surface area contributed by atoms with Gasteiger partial charge in [-0.05, 0) is 39.2 Å². The van der Waals surface area contributed by atoms with E-state index in [2.05, 4.69) is 41.5 Å². The standard InChI is InChI=1S/C21H25N3O2S/c1-12-4-6-15(7-5-12)17-10-24(11-18(17)23-20(25)16-8-9-16)21(26)19-13(2)22-14(3)27-19/h4-7,16-18H,8-11H2,1-3H3,(H,23,25)/t17-,18+/m0/s1. The molecule has 2 aromatic rings. The van der Waals surface area contributed by atoms with Crippen LogP contribution in [0.25, 0.3) is 0 Å². The highest BCUT2D eigenvalue weighted by atomic mass is 32.1. The Labute approximate surface area is 163 Å². The fourth-order valence-corrected chi connectivity index (χ4v) is 4.67. The zero-order valence-electron chi connectivity index (χ0n) is 16.0. The van der Waals surface area contributed by atoms with Crippen LogP contribution in [-0.2, 0) is 4.79 Å². The van der Waals surface area contributed by atoms with E-state index in [-0.39, 0.29) is 29.7 Å². The molecule has 2 aliphatic rings. The SMILES string of the molecule is Cc1ccc([C@@H]2CN(C(=O)c3sc(C)nc3C)C[C@H]2NC(=O)C2CC2)cc1. The van der Waals surface area contributed by atoms with E-state index >= 15 is 0 Å². The molecule has 0 unspecified atom stereocenters. The smallest absolute Gasteiger partial charge is 0.265 e. The maximum atomic E-state index is 13.1. The summed E-state index contributed by atoms with van der Waals surface area (Å²) in [6.45, 7) is 7.04. The van der Waals surface area contributed by atoms with Crippen molar-refractivity contribution in [2.75, 3.05) is 13.1 Å². The van der Waals surface area contributed by atoms with E-state index in [9.17, 15) is 9.59 Å². The molecule has 1 aromatic carbocycles. The van der Waals surface area contributed by atoms with Gasteiger partial charge >= 0.3 is 0 Å². The molecule has 4 rings (SSSR count). The number of nitrogens with one attached hydrogen (secondary N) is 1. The second kappa shape index (κ2) is 7.08. The predicted octanol–water partition coefficient (Wildman–Crippen LogP) is 3.20. The third-order valence-electron chi connectivity index (χ3n) is 5.49. The fourth-order valence-electron chi connectivity index (χ4n) is 3.79. The second-order valence-electron chi connectivity index (χ2n) is 7.76. The lowest BCUT2D eigenvalue weighted by Gasteiger charge is -2.20. The molecule has 1 aliphatic carbocycles. The summed E-state index contributed by atoms with van der Waals surface area (Å²) in [6.07, 6.45) is 1.96. The maximum absolute atomic E-state index is 13.1. The molecule has 142 valence electrons. The molecule has 0 radical (unpaired) electrons. The number of carbonyl (C=O) groups is 2. The number of rotatable bonds is 4. The van der Waals surface area contributed by atoms with Gasteiger partial charge in [-0.3, -0.25) is 9.59 Å². The van der Waals surface area contributed by atoms with Crippen LogP contribution in [0.4, 0.5) is 0 Å². The highest BCUT2D eigenvalue weighted by molar-refractivity contribution is 7.13. The van der Waals surface area contributed by atoms with Crippen LogP contribution in [0.5, 0.6) is 0 Å². The summed E-state index contributed by atoms with van der Waals surface area (Å²) in [4.78, 5) is 32.4. The number of thiazole rings is 1. The minimum absolute atomic E-state index is 0.0263. The van der Waals surface area contributed by atoms with Crippen LogP contribution in [0.15, 0.2) is 24.3 Å². The maximum Gasteiger partial charge on any atom is 0.265 e. The number of likely N-dealkylation sites (tertiary alicyclic amines) is 1. The number of hydrogen-bond acceptors (Lipinski definition) is 4. The van der Waals surface area contributed by atoms with E-state index in [1.165, 1.54) is 22.5 Å². The molecule has 1 saturated carbocycles. The minimum Gasteiger partial charge on any atom is -0.351 e. The Morgan fingerprint density at radius 2 is 1.81 bits per heavy atom. The molecule has 5 nitrogen and oxygen atoms in total. The van der Waals surface area contributed by atoms with Crippen LogP contribution in [-0.4, -0.2) is 40.8 Å². The van der Waals surface area contributed by atoms with Gasteiger partial charge in [0.2, 0.25) is 5.91 Å². The summed E-state index contributed by atoms with van der Waals surface area (Å²) < 4.78 is 0. The molecule has 2 heterocycles. The van der Waals surface area contributed by atoms with Crippen LogP contribution < -0.4 is 5.32 Å². The summed E-state index contributed by atoms with van der Waals surface area (Å²) in [5.41, 5.74) is 3.17. The Kier molecular flexibility index (Phi) is 4.76. The normalized spacial score (nSPS) is 22.1. The molecule has 1 aliphatic heterocycles. The molecule has 2 amide bonds. The fraction of sp³-hybridized carbons (Fsp3) is 0.476. The number of amides is 2. The summed E-state index contributed by atoms with van der Waals surface area (Å²) in [6, 6.07) is 8.38. The lowest BCUT2D eigenvalue weighted by Crippen LogP contribution is -2.41. The first-order valence-corrected chi connectivity index (χ1v) is 10.3. The molecule has 2 fully saturated rings. The molecule has 1 saturated heterocycles. The average molecular weight is 384 g/mol. The van der Waals surface area contributed by atoms with Crippen molar-refractivity contribution in [2.24, 2.45) is 5.92 Å². The molecule has 6 heteroatoms. The van der Waals surface area contributed by atoms with E-state index < -0.39 is 0 Å². The van der Waals surface area contributed by atoms with Crippen molar-refractivity contribution in [1.82, 2.24) is 15.2 Å². The Morgan fingerprint density at radius 3 is 2.41 bits per heavy atom. The zero-order chi connectivity index (χ0) is 19.1. The lowest BCUT2D eigenvalue weighted by molar-refractivity contribution is -0.123.